The smallest absolute Gasteiger partial charge is 0.148 e. The van der Waals surface area contributed by atoms with E-state index in [1.54, 1.807) is 12.4 Å². The molecule has 0 amide bonds. The van der Waals surface area contributed by atoms with Crippen LogP contribution in [0.25, 0.3) is 0 Å². The number of H-pyrrole nitrogens is 1. The van der Waals surface area contributed by atoms with Crippen molar-refractivity contribution in [2.24, 2.45) is 0 Å². The van der Waals surface area contributed by atoms with Crippen LogP contribution >= 0.6 is 0 Å². The zero-order chi connectivity index (χ0) is 12.3. The number of imidazole rings is 1. The number of anilines is 2. The van der Waals surface area contributed by atoms with Crippen molar-refractivity contribution in [1.29, 1.82) is 0 Å². The molecule has 4 N–H and O–H groups in total. The molecule has 0 saturated carbocycles. The lowest BCUT2D eigenvalue weighted by atomic mass is 10.2. The van der Waals surface area contributed by atoms with Crippen molar-refractivity contribution in [3.05, 3.63) is 36.2 Å². The maximum absolute atomic E-state index is 13.6. The van der Waals surface area contributed by atoms with Gasteiger partial charge < -0.3 is 20.8 Å². The van der Waals surface area contributed by atoms with Gasteiger partial charge in [0.15, 0.2) is 0 Å². The Kier molecular flexibility index (Phi) is 3.13. The zero-order valence-electron chi connectivity index (χ0n) is 9.33. The summed E-state index contributed by atoms with van der Waals surface area (Å²) < 4.78 is 18.6. The van der Waals surface area contributed by atoms with Crippen LogP contribution in [0.15, 0.2) is 24.5 Å². The molecular weight excluding hydrogens is 223 g/mol. The summed E-state index contributed by atoms with van der Waals surface area (Å²) in [5.74, 6) is 0.739. The highest BCUT2D eigenvalue weighted by Crippen LogP contribution is 2.28. The number of aromatic amines is 1. The summed E-state index contributed by atoms with van der Waals surface area (Å²) in [4.78, 5) is 6.94. The van der Waals surface area contributed by atoms with Crippen molar-refractivity contribution < 1.29 is 9.13 Å². The van der Waals surface area contributed by atoms with Crippen LogP contribution in [0.4, 0.5) is 15.8 Å². The number of ether oxygens (including phenoxy) is 1. The van der Waals surface area contributed by atoms with Gasteiger partial charge in [0.1, 0.15) is 17.4 Å². The van der Waals surface area contributed by atoms with Gasteiger partial charge in [0, 0.05) is 24.5 Å². The second kappa shape index (κ2) is 4.73. The van der Waals surface area contributed by atoms with Gasteiger partial charge in [-0.05, 0) is 0 Å². The molecule has 0 radical (unpaired) electrons. The van der Waals surface area contributed by atoms with E-state index in [1.807, 2.05) is 0 Å². The van der Waals surface area contributed by atoms with Gasteiger partial charge in [0.2, 0.25) is 0 Å². The van der Waals surface area contributed by atoms with Crippen molar-refractivity contribution in [3.8, 4) is 5.75 Å². The first kappa shape index (κ1) is 11.3. The highest BCUT2D eigenvalue weighted by atomic mass is 19.1. The number of halogens is 1. The number of hydrogen-bond donors (Lipinski definition) is 3. The summed E-state index contributed by atoms with van der Waals surface area (Å²) in [7, 11) is 1.49. The van der Waals surface area contributed by atoms with Crippen LogP contribution in [0.5, 0.6) is 5.75 Å². The Labute approximate surface area is 97.8 Å². The van der Waals surface area contributed by atoms with E-state index in [9.17, 15) is 4.39 Å². The number of hydrogen-bond acceptors (Lipinski definition) is 4. The van der Waals surface area contributed by atoms with E-state index in [0.717, 1.165) is 5.82 Å². The topological polar surface area (TPSA) is 76.0 Å². The number of nitrogens with one attached hydrogen (secondary N) is 2. The molecular formula is C11H13FN4O. The molecule has 0 spiro atoms. The van der Waals surface area contributed by atoms with Gasteiger partial charge in [0.05, 0.1) is 25.0 Å². The molecule has 2 aromatic rings. The third-order valence-electron chi connectivity index (χ3n) is 2.32. The lowest BCUT2D eigenvalue weighted by Gasteiger charge is -2.10. The lowest BCUT2D eigenvalue weighted by Crippen LogP contribution is -2.04. The van der Waals surface area contributed by atoms with E-state index >= 15 is 0 Å². The second-order valence-electron chi connectivity index (χ2n) is 3.46. The van der Waals surface area contributed by atoms with Gasteiger partial charge in [-0.3, -0.25) is 0 Å². The Hall–Kier alpha value is -2.24. The molecule has 0 saturated heterocycles. The van der Waals surface area contributed by atoms with E-state index in [0.29, 0.717) is 18.0 Å². The van der Waals surface area contributed by atoms with Crippen molar-refractivity contribution in [3.63, 3.8) is 0 Å². The largest absolute Gasteiger partial charge is 0.495 e. The van der Waals surface area contributed by atoms with Gasteiger partial charge in [-0.1, -0.05) is 0 Å². The monoisotopic (exact) mass is 236 g/mol. The fourth-order valence-electron chi connectivity index (χ4n) is 1.45. The van der Waals surface area contributed by atoms with Gasteiger partial charge in [-0.15, -0.1) is 0 Å². The summed E-state index contributed by atoms with van der Waals surface area (Å²) in [6, 6.07) is 2.75. The number of nitrogens with zero attached hydrogens (tertiary/aromatic N) is 1. The molecule has 0 fully saturated rings. The quantitative estimate of drug-likeness (QED) is 0.707. The van der Waals surface area contributed by atoms with Gasteiger partial charge in [0.25, 0.3) is 0 Å². The predicted octanol–water partition coefficient (Wildman–Crippen LogP) is 1.75. The molecule has 1 aromatic heterocycles. The molecule has 5 nitrogen and oxygen atoms in total. The summed E-state index contributed by atoms with van der Waals surface area (Å²) in [5.41, 5.74) is 6.18. The molecule has 2 rings (SSSR count). The van der Waals surface area contributed by atoms with Crippen LogP contribution < -0.4 is 15.8 Å². The van der Waals surface area contributed by atoms with Crippen molar-refractivity contribution in [2.45, 2.75) is 6.54 Å². The zero-order valence-corrected chi connectivity index (χ0v) is 9.33. The average Bonchev–Trinajstić information content (AvgIpc) is 2.81. The standard InChI is InChI=1S/C11H13FN4O/c1-17-10-5-9(7(12)4-8(10)13)16-6-11-14-2-3-15-11/h2-5,16H,6,13H2,1H3,(H,14,15). The maximum atomic E-state index is 13.6. The minimum absolute atomic E-state index is 0.272. The summed E-state index contributed by atoms with van der Waals surface area (Å²) >= 11 is 0. The Bertz CT molecular complexity index is 498. The third kappa shape index (κ3) is 2.47. The van der Waals surface area contributed by atoms with Crippen LogP contribution in [0.2, 0.25) is 0 Å². The minimum atomic E-state index is -0.421. The van der Waals surface area contributed by atoms with E-state index in [4.69, 9.17) is 10.5 Å². The fraction of sp³-hybridized carbons (Fsp3) is 0.182. The predicted molar refractivity (Wildman–Crippen MR) is 63.3 cm³/mol. The summed E-state index contributed by atoms with van der Waals surface area (Å²) in [6.45, 7) is 0.400. The normalized spacial score (nSPS) is 10.2. The SMILES string of the molecule is COc1cc(NCc2ncc[nH]2)c(F)cc1N. The average molecular weight is 236 g/mol. The number of aromatic nitrogens is 2. The van der Waals surface area contributed by atoms with Crippen molar-refractivity contribution in [2.75, 3.05) is 18.2 Å². The van der Waals surface area contributed by atoms with Crippen molar-refractivity contribution >= 4 is 11.4 Å². The fourth-order valence-corrected chi connectivity index (χ4v) is 1.45. The van der Waals surface area contributed by atoms with Gasteiger partial charge >= 0.3 is 0 Å². The Balaban J connectivity index is 2.15. The first-order valence-electron chi connectivity index (χ1n) is 5.06. The van der Waals surface area contributed by atoms with E-state index in [2.05, 4.69) is 15.3 Å². The minimum Gasteiger partial charge on any atom is -0.495 e. The molecule has 0 unspecified atom stereocenters. The molecule has 0 aliphatic rings. The van der Waals surface area contributed by atoms with E-state index in [-0.39, 0.29) is 5.69 Å². The highest BCUT2D eigenvalue weighted by Gasteiger charge is 2.08. The Morgan fingerprint density at radius 2 is 2.35 bits per heavy atom. The van der Waals surface area contributed by atoms with Crippen LogP contribution in [-0.4, -0.2) is 17.1 Å². The molecule has 0 bridgehead atoms. The Morgan fingerprint density at radius 3 is 3.00 bits per heavy atom. The summed E-state index contributed by atoms with van der Waals surface area (Å²) in [5, 5.41) is 2.91. The summed E-state index contributed by atoms with van der Waals surface area (Å²) in [6.07, 6.45) is 3.34. The third-order valence-corrected chi connectivity index (χ3v) is 2.32. The maximum Gasteiger partial charge on any atom is 0.148 e. The van der Waals surface area contributed by atoms with Gasteiger partial charge in [-0.2, -0.15) is 0 Å². The molecule has 90 valence electrons. The molecule has 17 heavy (non-hydrogen) atoms. The molecule has 6 heteroatoms. The van der Waals surface area contributed by atoms with Crippen LogP contribution in [0.1, 0.15) is 5.82 Å². The molecule has 0 atom stereocenters. The molecule has 0 aliphatic carbocycles. The van der Waals surface area contributed by atoms with E-state index in [1.165, 1.54) is 19.2 Å². The number of nitrogens with two attached hydrogens (primary N) is 1. The second-order valence-corrected chi connectivity index (χ2v) is 3.46. The van der Waals surface area contributed by atoms with Crippen molar-refractivity contribution in [1.82, 2.24) is 9.97 Å². The lowest BCUT2D eigenvalue weighted by molar-refractivity contribution is 0.416. The molecule has 1 aromatic carbocycles. The van der Waals surface area contributed by atoms with Crippen LogP contribution in [0, 0.1) is 5.82 Å². The Morgan fingerprint density at radius 1 is 1.53 bits per heavy atom. The first-order chi connectivity index (χ1) is 8.20. The van der Waals surface area contributed by atoms with Crippen LogP contribution in [-0.2, 0) is 6.54 Å². The van der Waals surface area contributed by atoms with Gasteiger partial charge in [-0.25, -0.2) is 9.37 Å². The number of benzene rings is 1. The molecule has 0 aliphatic heterocycles. The first-order valence-corrected chi connectivity index (χ1v) is 5.06. The van der Waals surface area contributed by atoms with E-state index < -0.39 is 5.82 Å². The number of nitrogen functional groups attached to an aromatic ring is 1. The number of rotatable bonds is 4. The molecule has 1 heterocycles. The van der Waals surface area contributed by atoms with Crippen LogP contribution in [0.3, 0.4) is 0 Å². The highest BCUT2D eigenvalue weighted by molar-refractivity contribution is 5.62. The number of methoxy groups -OCH3 is 1.